The van der Waals surface area contributed by atoms with E-state index in [2.05, 4.69) is 25.0 Å². The molecule has 1 fully saturated rings. The zero-order valence-corrected chi connectivity index (χ0v) is 26.0. The molecular weight excluding hydrogens is 630 g/mol. The van der Waals surface area contributed by atoms with Crippen LogP contribution in [0.2, 0.25) is 0 Å². The van der Waals surface area contributed by atoms with Gasteiger partial charge >= 0.3 is 6.09 Å². The number of benzene rings is 3. The van der Waals surface area contributed by atoms with Crippen molar-refractivity contribution in [3.05, 3.63) is 102 Å². The Morgan fingerprint density at radius 3 is 2.62 bits per heavy atom. The lowest BCUT2D eigenvalue weighted by molar-refractivity contribution is 0.132. The Morgan fingerprint density at radius 2 is 1.81 bits per heavy atom. The van der Waals surface area contributed by atoms with Gasteiger partial charge in [-0.3, -0.25) is 4.72 Å². The number of ether oxygens (including phenoxy) is 1. The highest BCUT2D eigenvalue weighted by atomic mass is 32.2. The van der Waals surface area contributed by atoms with Gasteiger partial charge in [-0.15, -0.1) is 0 Å². The fourth-order valence-electron chi connectivity index (χ4n) is 5.50. The highest BCUT2D eigenvalue weighted by Gasteiger charge is 2.24. The molecule has 242 valence electrons. The van der Waals surface area contributed by atoms with Gasteiger partial charge in [0.15, 0.2) is 0 Å². The number of amides is 1. The largest absolute Gasteiger partial charge is 0.465 e. The number of halogens is 2. The smallest absolute Gasteiger partial charge is 0.407 e. The Balaban J connectivity index is 1.30. The van der Waals surface area contributed by atoms with Crippen LogP contribution in [-0.4, -0.2) is 58.6 Å². The quantitative estimate of drug-likeness (QED) is 0.160. The number of pyridine rings is 1. The number of aromatic nitrogens is 3. The minimum atomic E-state index is -4.21. The number of likely N-dealkylation sites (tertiary alicyclic amines) is 1. The molecule has 3 aromatic carbocycles. The fourth-order valence-corrected chi connectivity index (χ4v) is 6.74. The normalized spacial score (nSPS) is 15.0. The summed E-state index contributed by atoms with van der Waals surface area (Å²) >= 11 is 0. The zero-order valence-electron chi connectivity index (χ0n) is 25.2. The number of sulfonamides is 1. The summed E-state index contributed by atoms with van der Waals surface area (Å²) in [7, 11) is -4.21. The number of piperidine rings is 1. The van der Waals surface area contributed by atoms with E-state index in [0.717, 1.165) is 18.6 Å². The van der Waals surface area contributed by atoms with Crippen LogP contribution in [0.25, 0.3) is 22.0 Å². The summed E-state index contributed by atoms with van der Waals surface area (Å²) in [5.41, 5.74) is 1.35. The van der Waals surface area contributed by atoms with Gasteiger partial charge in [0.25, 0.3) is 0 Å². The number of fused-ring (bicyclic) bond motifs is 1. The van der Waals surface area contributed by atoms with E-state index < -0.39 is 33.5 Å². The molecular formula is C33H30F2N6O5S. The molecule has 6 rings (SSSR count). The molecule has 2 aromatic heterocycles. The van der Waals surface area contributed by atoms with Crippen molar-refractivity contribution in [2.45, 2.75) is 31.6 Å². The first-order valence-electron chi connectivity index (χ1n) is 14.7. The van der Waals surface area contributed by atoms with Crippen LogP contribution in [0.4, 0.5) is 25.2 Å². The van der Waals surface area contributed by atoms with Crippen LogP contribution in [-0.2, 0) is 15.8 Å². The average Bonchev–Trinajstić information content (AvgIpc) is 3.05. The lowest BCUT2D eigenvalue weighted by Crippen LogP contribution is -2.44. The van der Waals surface area contributed by atoms with Crippen LogP contribution >= 0.6 is 0 Å². The number of hydrogen-bond acceptors (Lipinski definition) is 8. The predicted octanol–water partition coefficient (Wildman–Crippen LogP) is 6.57. The molecule has 0 spiro atoms. The second-order valence-electron chi connectivity index (χ2n) is 11.1. The Bertz CT molecular complexity index is 2080. The Hall–Kier alpha value is -5.37. The number of rotatable bonds is 9. The lowest BCUT2D eigenvalue weighted by Gasteiger charge is -2.31. The van der Waals surface area contributed by atoms with Crippen molar-refractivity contribution in [1.82, 2.24) is 19.9 Å². The molecule has 3 N–H and O–H groups in total. The van der Waals surface area contributed by atoms with Crippen molar-refractivity contribution in [3.8, 4) is 22.9 Å². The van der Waals surface area contributed by atoms with Crippen molar-refractivity contribution < 1.29 is 31.8 Å². The molecule has 1 aliphatic heterocycles. The molecule has 1 atom stereocenters. The van der Waals surface area contributed by atoms with Crippen LogP contribution < -0.4 is 14.8 Å². The Labute approximate surface area is 269 Å². The highest BCUT2D eigenvalue weighted by molar-refractivity contribution is 7.91. The Kier molecular flexibility index (Phi) is 8.85. The van der Waals surface area contributed by atoms with Gasteiger partial charge in [0.2, 0.25) is 21.9 Å². The highest BCUT2D eigenvalue weighted by Crippen LogP contribution is 2.40. The minimum absolute atomic E-state index is 0.0488. The monoisotopic (exact) mass is 660 g/mol. The third-order valence-corrected chi connectivity index (χ3v) is 8.99. The second kappa shape index (κ2) is 13.2. The maximum atomic E-state index is 15.2. The van der Waals surface area contributed by atoms with Gasteiger partial charge in [0.1, 0.15) is 17.4 Å². The van der Waals surface area contributed by atoms with E-state index in [1.54, 1.807) is 49.6 Å². The second-order valence-corrected chi connectivity index (χ2v) is 12.8. The third-order valence-electron chi connectivity index (χ3n) is 7.78. The van der Waals surface area contributed by atoms with E-state index in [-0.39, 0.29) is 28.6 Å². The third kappa shape index (κ3) is 7.07. The number of hydrogen-bond donors (Lipinski definition) is 3. The van der Waals surface area contributed by atoms with Crippen molar-refractivity contribution in [2.75, 3.05) is 23.1 Å². The predicted molar refractivity (Wildman–Crippen MR) is 173 cm³/mol. The van der Waals surface area contributed by atoms with E-state index in [4.69, 9.17) is 4.74 Å². The summed E-state index contributed by atoms with van der Waals surface area (Å²) in [4.78, 5) is 26.2. The number of nitrogens with one attached hydrogen (secondary N) is 2. The van der Waals surface area contributed by atoms with E-state index in [1.165, 1.54) is 29.2 Å². The Morgan fingerprint density at radius 1 is 1.00 bits per heavy atom. The topological polar surface area (TPSA) is 147 Å². The maximum absolute atomic E-state index is 15.2. The molecule has 5 aromatic rings. The van der Waals surface area contributed by atoms with Crippen LogP contribution in [0.3, 0.4) is 0 Å². The van der Waals surface area contributed by atoms with Crippen molar-refractivity contribution in [3.63, 3.8) is 0 Å². The molecule has 1 saturated heterocycles. The summed E-state index contributed by atoms with van der Waals surface area (Å²) in [6.07, 6.45) is 3.63. The molecule has 14 heteroatoms. The van der Waals surface area contributed by atoms with Crippen LogP contribution in [0.5, 0.6) is 11.6 Å². The van der Waals surface area contributed by atoms with Gasteiger partial charge in [-0.25, -0.2) is 36.9 Å². The summed E-state index contributed by atoms with van der Waals surface area (Å²) < 4.78 is 64.1. The molecule has 0 bridgehead atoms. The van der Waals surface area contributed by atoms with Gasteiger partial charge in [-0.1, -0.05) is 30.3 Å². The van der Waals surface area contributed by atoms with Crippen molar-refractivity contribution >= 4 is 38.5 Å². The SMILES string of the molecule is Cc1ccc2c(NS(=O)(=O)Cc3ccccc3F)c(F)ccc2c1Oc1ncccc1-c1ccnc(NC2CCCN(C(=O)O)C2)n1. The lowest BCUT2D eigenvalue weighted by atomic mass is 10.0. The number of aryl methyl sites for hydroxylation is 1. The number of anilines is 2. The van der Waals surface area contributed by atoms with Crippen molar-refractivity contribution in [1.29, 1.82) is 0 Å². The molecule has 1 aliphatic rings. The van der Waals surface area contributed by atoms with E-state index in [1.807, 2.05) is 0 Å². The molecule has 11 nitrogen and oxygen atoms in total. The minimum Gasteiger partial charge on any atom is -0.465 e. The zero-order chi connectivity index (χ0) is 33.1. The summed E-state index contributed by atoms with van der Waals surface area (Å²) in [5.74, 6) is -1.35. The summed E-state index contributed by atoms with van der Waals surface area (Å²) in [6, 6.07) is 16.4. The first-order valence-corrected chi connectivity index (χ1v) is 16.4. The molecule has 1 amide bonds. The van der Waals surface area contributed by atoms with E-state index in [0.29, 0.717) is 53.4 Å². The number of carbonyl (C=O) groups is 1. The molecule has 3 heterocycles. The van der Waals surface area contributed by atoms with Crippen LogP contribution in [0.15, 0.2) is 79.1 Å². The summed E-state index contributed by atoms with van der Waals surface area (Å²) in [5, 5.41) is 13.3. The first-order chi connectivity index (χ1) is 22.6. The number of nitrogens with zero attached hydrogens (tertiary/aromatic N) is 4. The van der Waals surface area contributed by atoms with Crippen LogP contribution in [0, 0.1) is 18.6 Å². The first kappa shape index (κ1) is 31.6. The van der Waals surface area contributed by atoms with Crippen LogP contribution in [0.1, 0.15) is 24.0 Å². The van der Waals surface area contributed by atoms with Crippen molar-refractivity contribution in [2.24, 2.45) is 0 Å². The average molecular weight is 661 g/mol. The maximum Gasteiger partial charge on any atom is 0.407 e. The van der Waals surface area contributed by atoms with Gasteiger partial charge < -0.3 is 20.1 Å². The number of carboxylic acid groups (broad SMARTS) is 1. The van der Waals surface area contributed by atoms with E-state index >= 15 is 4.39 Å². The molecule has 47 heavy (non-hydrogen) atoms. The van der Waals surface area contributed by atoms with Gasteiger partial charge in [-0.05, 0) is 61.7 Å². The molecule has 0 saturated carbocycles. The van der Waals surface area contributed by atoms with Gasteiger partial charge in [0.05, 0.1) is 22.7 Å². The molecule has 1 unspecified atom stereocenters. The standard InChI is InChI=1S/C33H30F2N6O5S/c1-20-10-11-23-24(12-13-27(35)29(23)40-47(44,45)19-21-6-2-3-9-26(21)34)30(20)46-31-25(8-4-15-36-31)28-14-16-37-32(39-28)38-22-7-5-17-41(18-22)33(42)43/h2-4,6,8-16,22,40H,5,7,17-19H2,1H3,(H,42,43)(H,37,38,39). The summed E-state index contributed by atoms with van der Waals surface area (Å²) in [6.45, 7) is 2.58. The molecule has 0 radical (unpaired) electrons. The molecule has 0 aliphatic carbocycles. The van der Waals surface area contributed by atoms with Gasteiger partial charge in [-0.2, -0.15) is 0 Å². The van der Waals surface area contributed by atoms with Gasteiger partial charge in [0, 0.05) is 47.9 Å². The fraction of sp³-hybridized carbons (Fsp3) is 0.212. The van der Waals surface area contributed by atoms with E-state index in [9.17, 15) is 22.7 Å².